The van der Waals surface area contributed by atoms with Gasteiger partial charge in [-0.3, -0.25) is 4.79 Å². The van der Waals surface area contributed by atoms with E-state index in [1.807, 2.05) is 0 Å². The maximum absolute atomic E-state index is 9.26. The number of rotatable bonds is 3. The minimum Gasteiger partial charge on any atom is -0.442 e. The predicted octanol–water partition coefficient (Wildman–Crippen LogP) is -1.32. The van der Waals surface area contributed by atoms with Gasteiger partial charge in [0.1, 0.15) is 0 Å². The van der Waals surface area contributed by atoms with E-state index in [-0.39, 0.29) is 6.79 Å². The normalized spacial score (nSPS) is 7.33. The van der Waals surface area contributed by atoms with E-state index < -0.39 is 0 Å². The summed E-state index contributed by atoms with van der Waals surface area (Å²) in [6.45, 7) is 0.382. The van der Waals surface area contributed by atoms with Gasteiger partial charge in [-0.25, -0.2) is 0 Å². The van der Waals surface area contributed by atoms with Crippen LogP contribution in [-0.2, 0) is 14.2 Å². The van der Waals surface area contributed by atoms with Crippen LogP contribution in [0.3, 0.4) is 0 Å². The zero-order chi connectivity index (χ0) is 4.83. The molecule has 0 aromatic rings. The third kappa shape index (κ3) is 3.49. The molecular weight excluding hydrogens is 82.8 g/mol. The lowest BCUT2D eigenvalue weighted by Gasteiger charge is -1.89. The molecule has 0 aliphatic rings. The van der Waals surface area contributed by atoms with Gasteiger partial charge < -0.3 is 9.39 Å². The smallest absolute Gasteiger partial charge is 0.295 e. The molecule has 0 fully saturated rings. The molecule has 6 heavy (non-hydrogen) atoms. The molecule has 0 saturated heterocycles. The van der Waals surface area contributed by atoms with Gasteiger partial charge in [0.2, 0.25) is 0 Å². The maximum Gasteiger partial charge on any atom is 0.295 e. The highest BCUT2D eigenvalue weighted by atomic mass is 16.7. The van der Waals surface area contributed by atoms with E-state index in [4.69, 9.17) is 0 Å². The summed E-state index contributed by atoms with van der Waals surface area (Å²) < 4.78 is 8.41. The summed E-state index contributed by atoms with van der Waals surface area (Å²) >= 11 is 0. The van der Waals surface area contributed by atoms with Crippen molar-refractivity contribution in [2.75, 3.05) is 6.79 Å². The fraction of sp³-hybridized carbons (Fsp3) is 0.500. The summed E-state index contributed by atoms with van der Waals surface area (Å²) in [5.74, 6) is 0. The first kappa shape index (κ1) is 5.49. The van der Waals surface area contributed by atoms with Crippen molar-refractivity contribution in [1.29, 1.82) is 0 Å². The van der Waals surface area contributed by atoms with Gasteiger partial charge in [0, 0.05) is 0 Å². The highest BCUT2D eigenvalue weighted by Gasteiger charge is 1.69. The third-order valence-corrected chi connectivity index (χ3v) is 0.254. The Morgan fingerprint density at radius 1 is 1.83 bits per heavy atom. The van der Waals surface area contributed by atoms with Crippen molar-refractivity contribution >= 4 is 14.5 Å². The number of hydrogen-bond donors (Lipinski definition) is 0. The van der Waals surface area contributed by atoms with Crippen LogP contribution in [0, 0.1) is 0 Å². The Hall–Kier alpha value is -0.505. The summed E-state index contributed by atoms with van der Waals surface area (Å²) in [4.78, 5) is 9.26. The van der Waals surface area contributed by atoms with Crippen molar-refractivity contribution in [1.82, 2.24) is 0 Å². The predicted molar refractivity (Wildman–Crippen MR) is 21.6 cm³/mol. The van der Waals surface area contributed by atoms with Crippen molar-refractivity contribution in [2.45, 2.75) is 0 Å². The Morgan fingerprint density at radius 3 is 2.67 bits per heavy atom. The first-order valence-electron chi connectivity index (χ1n) is 1.46. The summed E-state index contributed by atoms with van der Waals surface area (Å²) in [6, 6.07) is 0. The summed E-state index contributed by atoms with van der Waals surface area (Å²) in [7, 11) is 1.45. The lowest BCUT2D eigenvalue weighted by atomic mass is 10.6. The minimum atomic E-state index is 0.0451. The standard InChI is InChI=1S/C2H5BO3/c3-6-2-5-1-4/h1H,2-3H2. The average molecular weight is 87.9 g/mol. The Bertz CT molecular complexity index is 37.8. The first-order valence-corrected chi connectivity index (χ1v) is 1.46. The van der Waals surface area contributed by atoms with Crippen LogP contribution in [0.15, 0.2) is 0 Å². The van der Waals surface area contributed by atoms with Crippen molar-refractivity contribution in [3.63, 3.8) is 0 Å². The molecule has 0 bridgehead atoms. The van der Waals surface area contributed by atoms with Gasteiger partial charge in [0.25, 0.3) is 14.5 Å². The molecule has 0 amide bonds. The largest absolute Gasteiger partial charge is 0.442 e. The lowest BCUT2D eigenvalue weighted by molar-refractivity contribution is -0.134. The van der Waals surface area contributed by atoms with Crippen molar-refractivity contribution in [3.8, 4) is 0 Å². The fourth-order valence-electron chi connectivity index (χ4n) is 0.0958. The number of carbonyl (C=O) groups is 1. The van der Waals surface area contributed by atoms with Crippen molar-refractivity contribution < 1.29 is 14.2 Å². The third-order valence-electron chi connectivity index (χ3n) is 0.254. The molecule has 0 N–H and O–H groups in total. The quantitative estimate of drug-likeness (QED) is 0.186. The van der Waals surface area contributed by atoms with Crippen LogP contribution in [0.4, 0.5) is 0 Å². The van der Waals surface area contributed by atoms with Crippen LogP contribution in [0.25, 0.3) is 0 Å². The van der Waals surface area contributed by atoms with E-state index in [9.17, 15) is 4.79 Å². The second kappa shape index (κ2) is 4.49. The Labute approximate surface area is 36.7 Å². The van der Waals surface area contributed by atoms with E-state index in [0.29, 0.717) is 6.47 Å². The van der Waals surface area contributed by atoms with Crippen LogP contribution in [0.2, 0.25) is 0 Å². The van der Waals surface area contributed by atoms with Crippen LogP contribution in [-0.4, -0.2) is 21.3 Å². The zero-order valence-electron chi connectivity index (χ0n) is 3.51. The molecule has 0 unspecified atom stereocenters. The lowest BCUT2D eigenvalue weighted by Crippen LogP contribution is -1.92. The highest BCUT2D eigenvalue weighted by molar-refractivity contribution is 5.97. The van der Waals surface area contributed by atoms with Gasteiger partial charge in [-0.15, -0.1) is 0 Å². The Kier molecular flexibility index (Phi) is 4.12. The average Bonchev–Trinajstić information content (AvgIpc) is 1.61. The first-order chi connectivity index (χ1) is 2.91. The monoisotopic (exact) mass is 88.0 g/mol. The minimum absolute atomic E-state index is 0.0451. The van der Waals surface area contributed by atoms with E-state index in [1.54, 1.807) is 0 Å². The van der Waals surface area contributed by atoms with Gasteiger partial charge in [-0.05, 0) is 0 Å². The molecule has 0 atom stereocenters. The van der Waals surface area contributed by atoms with Gasteiger partial charge >= 0.3 is 0 Å². The molecule has 4 heteroatoms. The number of ether oxygens (including phenoxy) is 1. The van der Waals surface area contributed by atoms with Crippen molar-refractivity contribution in [2.24, 2.45) is 0 Å². The Balaban J connectivity index is 2.49. The summed E-state index contributed by atoms with van der Waals surface area (Å²) in [5.41, 5.74) is 0. The van der Waals surface area contributed by atoms with E-state index in [2.05, 4.69) is 9.39 Å². The van der Waals surface area contributed by atoms with Gasteiger partial charge in [-0.2, -0.15) is 0 Å². The molecule has 3 nitrogen and oxygen atoms in total. The molecule has 0 heterocycles. The van der Waals surface area contributed by atoms with Crippen LogP contribution in [0.1, 0.15) is 0 Å². The summed E-state index contributed by atoms with van der Waals surface area (Å²) in [6.07, 6.45) is 0. The van der Waals surface area contributed by atoms with E-state index >= 15 is 0 Å². The molecule has 0 aromatic heterocycles. The fourth-order valence-corrected chi connectivity index (χ4v) is 0.0958. The Morgan fingerprint density at radius 2 is 2.50 bits per heavy atom. The van der Waals surface area contributed by atoms with Crippen molar-refractivity contribution in [3.05, 3.63) is 0 Å². The van der Waals surface area contributed by atoms with Gasteiger partial charge in [0.05, 0.1) is 0 Å². The molecular formula is C2H5BO3. The molecule has 0 aromatic carbocycles. The molecule has 0 saturated carbocycles. The number of carbonyl (C=O) groups excluding carboxylic acids is 1. The molecule has 0 rings (SSSR count). The molecule has 0 aliphatic carbocycles. The van der Waals surface area contributed by atoms with Crippen LogP contribution >= 0.6 is 0 Å². The topological polar surface area (TPSA) is 35.5 Å². The van der Waals surface area contributed by atoms with Gasteiger partial charge in [0.15, 0.2) is 6.79 Å². The SMILES string of the molecule is BOCOC=O. The van der Waals surface area contributed by atoms with E-state index in [1.165, 1.54) is 8.05 Å². The van der Waals surface area contributed by atoms with E-state index in [0.717, 1.165) is 0 Å². The molecule has 0 radical (unpaired) electrons. The zero-order valence-corrected chi connectivity index (χ0v) is 3.51. The molecule has 34 valence electrons. The number of hydrogen-bond acceptors (Lipinski definition) is 3. The second-order valence-corrected chi connectivity index (χ2v) is 0.669. The summed E-state index contributed by atoms with van der Waals surface area (Å²) in [5, 5.41) is 0. The maximum atomic E-state index is 9.26. The van der Waals surface area contributed by atoms with Gasteiger partial charge in [-0.1, -0.05) is 0 Å². The second-order valence-electron chi connectivity index (χ2n) is 0.669. The highest BCUT2D eigenvalue weighted by Crippen LogP contribution is 1.61. The van der Waals surface area contributed by atoms with Crippen LogP contribution < -0.4 is 0 Å². The van der Waals surface area contributed by atoms with Crippen LogP contribution in [0.5, 0.6) is 0 Å². The molecule has 0 aliphatic heterocycles. The molecule has 0 spiro atoms.